The molecule has 3 aromatic carbocycles. The van der Waals surface area contributed by atoms with Crippen molar-refractivity contribution in [2.45, 2.75) is 105 Å². The average Bonchev–Trinajstić information content (AvgIpc) is 2.88. The molecule has 10 nitrogen and oxygen atoms in total. The molecule has 0 aliphatic rings. The molecule has 0 bridgehead atoms. The van der Waals surface area contributed by atoms with Gasteiger partial charge in [-0.25, -0.2) is 0 Å². The van der Waals surface area contributed by atoms with Gasteiger partial charge in [0.25, 0.3) is 0 Å². The first kappa shape index (κ1) is 35.9. The largest absolute Gasteiger partial charge is 0.507 e. The van der Waals surface area contributed by atoms with Gasteiger partial charge in [0.05, 0.1) is 33.4 Å². The summed E-state index contributed by atoms with van der Waals surface area (Å²) in [5, 5.41) is 46.2. The van der Waals surface area contributed by atoms with E-state index in [4.69, 9.17) is 0 Å². The molecule has 0 amide bonds. The Morgan fingerprint density at radius 2 is 0.848 bits per heavy atom. The van der Waals surface area contributed by atoms with Gasteiger partial charge in [-0.15, -0.1) is 0 Å². The lowest BCUT2D eigenvalue weighted by Crippen LogP contribution is -2.17. The highest BCUT2D eigenvalue weighted by molar-refractivity contribution is 5.92. The molecule has 3 rings (SSSR count). The molecule has 0 unspecified atom stereocenters. The van der Waals surface area contributed by atoms with E-state index in [1.807, 2.05) is 95.2 Å². The molecule has 10 heteroatoms. The maximum Gasteiger partial charge on any atom is 0.348 e. The second-order valence-corrected chi connectivity index (χ2v) is 15.8. The van der Waals surface area contributed by atoms with Crippen LogP contribution in [-0.4, -0.2) is 32.5 Å². The molecule has 0 aliphatic carbocycles. The van der Waals surface area contributed by atoms with Crippen molar-refractivity contribution >= 4 is 35.2 Å². The Morgan fingerprint density at radius 3 is 1.09 bits per heavy atom. The summed E-state index contributed by atoms with van der Waals surface area (Å²) >= 11 is 0. The third-order valence-corrected chi connectivity index (χ3v) is 7.78. The van der Waals surface area contributed by atoms with E-state index in [9.17, 15) is 30.4 Å². The minimum atomic E-state index is -0.839. The topological polar surface area (TPSA) is 151 Å². The SMILES string of the molecule is CC(C)(C)c1cc(C=Nc2cc([N+](=O)[O-])c([N+](=O)[O-])cc2N=Cc2cc(C(C)(C)C)cc(C(C)(C)C)c2O)c(O)c(C(C)(C)C)c1. The summed E-state index contributed by atoms with van der Waals surface area (Å²) in [6.07, 6.45) is 2.78. The summed E-state index contributed by atoms with van der Waals surface area (Å²) in [7, 11) is 0. The molecule has 0 atom stereocenters. The van der Waals surface area contributed by atoms with Crippen molar-refractivity contribution in [3.63, 3.8) is 0 Å². The van der Waals surface area contributed by atoms with Gasteiger partial charge in [0.2, 0.25) is 0 Å². The maximum atomic E-state index is 11.9. The van der Waals surface area contributed by atoms with Crippen LogP contribution in [0.1, 0.15) is 116 Å². The van der Waals surface area contributed by atoms with Crippen LogP contribution in [0.15, 0.2) is 46.4 Å². The number of nitro benzene ring substituents is 2. The van der Waals surface area contributed by atoms with Gasteiger partial charge in [-0.1, -0.05) is 95.2 Å². The Labute approximate surface area is 271 Å². The van der Waals surface area contributed by atoms with Gasteiger partial charge in [-0.3, -0.25) is 30.2 Å². The number of rotatable bonds is 6. The lowest BCUT2D eigenvalue weighted by molar-refractivity contribution is -0.422. The number of aromatic hydroxyl groups is 2. The molecular formula is C36H46N4O6. The first-order valence-corrected chi connectivity index (χ1v) is 15.1. The van der Waals surface area contributed by atoms with Gasteiger partial charge in [0.15, 0.2) is 0 Å². The Kier molecular flexibility index (Phi) is 9.59. The Morgan fingerprint density at radius 1 is 0.543 bits per heavy atom. The van der Waals surface area contributed by atoms with Crippen LogP contribution in [0.4, 0.5) is 22.7 Å². The van der Waals surface area contributed by atoms with E-state index < -0.39 is 32.1 Å². The molecule has 3 aromatic rings. The molecule has 0 radical (unpaired) electrons. The van der Waals surface area contributed by atoms with E-state index in [-0.39, 0.29) is 33.7 Å². The predicted octanol–water partition coefficient (Wildman–Crippen LogP) is 9.61. The highest BCUT2D eigenvalue weighted by atomic mass is 16.6. The van der Waals surface area contributed by atoms with Gasteiger partial charge >= 0.3 is 11.4 Å². The van der Waals surface area contributed by atoms with Gasteiger partial charge in [0.1, 0.15) is 11.5 Å². The first-order valence-electron chi connectivity index (χ1n) is 15.1. The van der Waals surface area contributed by atoms with Gasteiger partial charge in [0, 0.05) is 34.7 Å². The van der Waals surface area contributed by atoms with Crippen molar-refractivity contribution in [3.05, 3.63) is 90.0 Å². The zero-order chi connectivity index (χ0) is 35.2. The normalized spacial score (nSPS) is 13.1. The van der Waals surface area contributed by atoms with Gasteiger partial charge in [-0.2, -0.15) is 0 Å². The zero-order valence-electron chi connectivity index (χ0n) is 28.9. The summed E-state index contributed by atoms with van der Waals surface area (Å²) in [5.41, 5.74) is 1.26. The van der Waals surface area contributed by atoms with Crippen LogP contribution in [0.25, 0.3) is 0 Å². The number of nitro groups is 2. The van der Waals surface area contributed by atoms with Gasteiger partial charge < -0.3 is 10.2 Å². The summed E-state index contributed by atoms with van der Waals surface area (Å²) < 4.78 is 0. The fourth-order valence-electron chi connectivity index (χ4n) is 4.85. The first-order chi connectivity index (χ1) is 20.8. The number of aliphatic imine (C=N–C) groups is 2. The van der Waals surface area contributed by atoms with Gasteiger partial charge in [-0.05, 0) is 44.9 Å². The van der Waals surface area contributed by atoms with Crippen molar-refractivity contribution < 1.29 is 20.1 Å². The molecule has 46 heavy (non-hydrogen) atoms. The smallest absolute Gasteiger partial charge is 0.348 e. The van der Waals surface area contributed by atoms with E-state index in [1.165, 1.54) is 12.4 Å². The molecule has 0 fully saturated rings. The van der Waals surface area contributed by atoms with E-state index in [0.717, 1.165) is 23.3 Å². The quantitative estimate of drug-likeness (QED) is 0.157. The monoisotopic (exact) mass is 630 g/mol. The Balaban J connectivity index is 2.33. The van der Waals surface area contributed by atoms with Crippen LogP contribution in [0, 0.1) is 20.2 Å². The third-order valence-electron chi connectivity index (χ3n) is 7.78. The maximum absolute atomic E-state index is 11.9. The van der Waals surface area contributed by atoms with Crippen LogP contribution in [0.5, 0.6) is 11.5 Å². The molecule has 2 N–H and O–H groups in total. The van der Waals surface area contributed by atoms with Crippen LogP contribution in [0.3, 0.4) is 0 Å². The van der Waals surface area contributed by atoms with Crippen molar-refractivity contribution in [1.29, 1.82) is 0 Å². The lowest BCUT2D eigenvalue weighted by Gasteiger charge is -2.27. The van der Waals surface area contributed by atoms with Crippen LogP contribution in [0.2, 0.25) is 0 Å². The van der Waals surface area contributed by atoms with Crippen LogP contribution in [-0.2, 0) is 21.7 Å². The fraction of sp³-hybridized carbons (Fsp3) is 0.444. The summed E-state index contributed by atoms with van der Waals surface area (Å²) in [4.78, 5) is 31.0. The molecule has 0 heterocycles. The second kappa shape index (κ2) is 12.3. The minimum Gasteiger partial charge on any atom is -0.507 e. The van der Waals surface area contributed by atoms with E-state index in [0.29, 0.717) is 22.3 Å². The van der Waals surface area contributed by atoms with Crippen LogP contribution < -0.4 is 0 Å². The zero-order valence-corrected chi connectivity index (χ0v) is 28.9. The number of hydrogen-bond donors (Lipinski definition) is 2. The standard InChI is InChI=1S/C36H46N4O6/c1-33(2,3)23-13-21(31(41)25(15-23)35(7,8)9)19-37-27-17-29(39(43)44)30(40(45)46)18-28(27)38-20-22-14-24(34(4,5)6)16-26(32(22)42)36(10,11)12/h13-20,41-42H,1-12H3. The predicted molar refractivity (Wildman–Crippen MR) is 185 cm³/mol. The molecule has 0 saturated carbocycles. The summed E-state index contributed by atoms with van der Waals surface area (Å²) in [6, 6.07) is 9.54. The number of nitrogens with zero attached hydrogens (tertiary/aromatic N) is 4. The van der Waals surface area contributed by atoms with E-state index >= 15 is 0 Å². The number of phenolic OH excluding ortho intramolecular Hbond substituents is 2. The number of hydrogen-bond acceptors (Lipinski definition) is 8. The number of benzene rings is 3. The third kappa shape index (κ3) is 7.97. The average molecular weight is 631 g/mol. The fourth-order valence-corrected chi connectivity index (χ4v) is 4.85. The highest BCUT2D eigenvalue weighted by Gasteiger charge is 2.29. The highest BCUT2D eigenvalue weighted by Crippen LogP contribution is 2.42. The molecule has 0 aliphatic heterocycles. The van der Waals surface area contributed by atoms with Crippen molar-refractivity contribution in [2.75, 3.05) is 0 Å². The number of phenols is 2. The van der Waals surface area contributed by atoms with Crippen molar-refractivity contribution in [2.24, 2.45) is 9.98 Å². The summed E-state index contributed by atoms with van der Waals surface area (Å²) in [5.74, 6) is 0.0358. The van der Waals surface area contributed by atoms with Crippen LogP contribution >= 0.6 is 0 Å². The Bertz CT molecular complexity index is 1620. The van der Waals surface area contributed by atoms with Crippen molar-refractivity contribution in [3.8, 4) is 11.5 Å². The molecule has 0 saturated heterocycles. The summed E-state index contributed by atoms with van der Waals surface area (Å²) in [6.45, 7) is 24.2. The molecule has 0 aromatic heterocycles. The van der Waals surface area contributed by atoms with E-state index in [1.54, 1.807) is 12.1 Å². The molecule has 0 spiro atoms. The minimum absolute atomic E-state index is 0.0179. The molecular weight excluding hydrogens is 584 g/mol. The molecule has 246 valence electrons. The second-order valence-electron chi connectivity index (χ2n) is 15.8. The Hall–Kier alpha value is -4.60. The van der Waals surface area contributed by atoms with E-state index in [2.05, 4.69) is 9.98 Å². The lowest BCUT2D eigenvalue weighted by atomic mass is 9.79. The van der Waals surface area contributed by atoms with Crippen molar-refractivity contribution in [1.82, 2.24) is 0 Å².